The Morgan fingerprint density at radius 3 is 2.67 bits per heavy atom. The van der Waals surface area contributed by atoms with Crippen LogP contribution in [0.5, 0.6) is 0 Å². The monoisotopic (exact) mass is 275 g/mol. The third-order valence-electron chi connectivity index (χ3n) is 5.07. The van der Waals surface area contributed by atoms with Gasteiger partial charge in [-0.2, -0.15) is 0 Å². The summed E-state index contributed by atoms with van der Waals surface area (Å²) in [5.74, 6) is 0.726. The van der Waals surface area contributed by atoms with Crippen LogP contribution in [0.3, 0.4) is 0 Å². The summed E-state index contributed by atoms with van der Waals surface area (Å²) < 4.78 is 0. The molecule has 0 radical (unpaired) electrons. The molecule has 0 fully saturated rings. The normalized spacial score (nSPS) is 18.0. The van der Waals surface area contributed by atoms with E-state index in [-0.39, 0.29) is 0 Å². The molecule has 0 heterocycles. The minimum absolute atomic E-state index is 0.726. The van der Waals surface area contributed by atoms with E-state index in [2.05, 4.69) is 43.3 Å². The Morgan fingerprint density at radius 1 is 1.00 bits per heavy atom. The van der Waals surface area contributed by atoms with Crippen molar-refractivity contribution < 1.29 is 0 Å². The first-order valence-electron chi connectivity index (χ1n) is 8.01. The van der Waals surface area contributed by atoms with Crippen molar-refractivity contribution in [3.8, 4) is 0 Å². The molecule has 4 rings (SSSR count). The average molecular weight is 275 g/mol. The van der Waals surface area contributed by atoms with Crippen molar-refractivity contribution in [1.29, 1.82) is 0 Å². The summed E-state index contributed by atoms with van der Waals surface area (Å²) in [6.45, 7) is 2.32. The zero-order valence-corrected chi connectivity index (χ0v) is 12.5. The van der Waals surface area contributed by atoms with Crippen LogP contribution in [0.2, 0.25) is 0 Å². The number of aryl methyl sites for hydroxylation is 1. The second-order valence-electron chi connectivity index (χ2n) is 6.28. The van der Waals surface area contributed by atoms with Crippen LogP contribution in [0.4, 0.5) is 5.69 Å². The SMILES string of the molecule is CCC1CCCc2ccc3c(ccc4cc(N)ccc43)c21. The highest BCUT2D eigenvalue weighted by Gasteiger charge is 2.21. The number of rotatable bonds is 1. The fourth-order valence-corrected chi connectivity index (χ4v) is 4.03. The van der Waals surface area contributed by atoms with Crippen molar-refractivity contribution in [3.63, 3.8) is 0 Å². The predicted molar refractivity (Wildman–Crippen MR) is 91.8 cm³/mol. The number of benzene rings is 3. The Morgan fingerprint density at radius 2 is 1.81 bits per heavy atom. The number of nitrogens with two attached hydrogens (primary N) is 1. The van der Waals surface area contributed by atoms with Gasteiger partial charge in [0.15, 0.2) is 0 Å². The van der Waals surface area contributed by atoms with Crippen LogP contribution in [0.25, 0.3) is 21.5 Å². The van der Waals surface area contributed by atoms with Gasteiger partial charge in [0.2, 0.25) is 0 Å². The van der Waals surface area contributed by atoms with Crippen molar-refractivity contribution in [2.24, 2.45) is 0 Å². The number of hydrogen-bond donors (Lipinski definition) is 1. The fraction of sp³-hybridized carbons (Fsp3) is 0.300. The van der Waals surface area contributed by atoms with E-state index < -0.39 is 0 Å². The van der Waals surface area contributed by atoms with Gasteiger partial charge in [0.1, 0.15) is 0 Å². The third-order valence-corrected chi connectivity index (χ3v) is 5.07. The van der Waals surface area contributed by atoms with Crippen LogP contribution in [0.1, 0.15) is 43.2 Å². The molecular weight excluding hydrogens is 254 g/mol. The van der Waals surface area contributed by atoms with Crippen LogP contribution in [-0.4, -0.2) is 0 Å². The van der Waals surface area contributed by atoms with Crippen molar-refractivity contribution in [2.75, 3.05) is 5.73 Å². The van der Waals surface area contributed by atoms with E-state index >= 15 is 0 Å². The molecule has 0 saturated carbocycles. The Labute approximate surface area is 125 Å². The van der Waals surface area contributed by atoms with Gasteiger partial charge in [-0.05, 0) is 76.4 Å². The summed E-state index contributed by atoms with van der Waals surface area (Å²) in [7, 11) is 0. The first kappa shape index (κ1) is 12.7. The van der Waals surface area contributed by atoms with E-state index in [9.17, 15) is 0 Å². The van der Waals surface area contributed by atoms with E-state index in [1.54, 1.807) is 11.1 Å². The highest BCUT2D eigenvalue weighted by atomic mass is 14.5. The fourth-order valence-electron chi connectivity index (χ4n) is 4.03. The zero-order chi connectivity index (χ0) is 14.4. The Kier molecular flexibility index (Phi) is 2.88. The smallest absolute Gasteiger partial charge is 0.0320 e. The first-order valence-corrected chi connectivity index (χ1v) is 8.01. The van der Waals surface area contributed by atoms with Crippen molar-refractivity contribution in [1.82, 2.24) is 0 Å². The molecule has 3 aromatic rings. The molecule has 0 aliphatic heterocycles. The van der Waals surface area contributed by atoms with Crippen molar-refractivity contribution >= 4 is 27.2 Å². The molecule has 0 aromatic heterocycles. The van der Waals surface area contributed by atoms with Gasteiger partial charge < -0.3 is 5.73 Å². The van der Waals surface area contributed by atoms with E-state index in [4.69, 9.17) is 5.73 Å². The highest BCUT2D eigenvalue weighted by Crippen LogP contribution is 2.40. The minimum Gasteiger partial charge on any atom is -0.399 e. The lowest BCUT2D eigenvalue weighted by atomic mass is 9.78. The van der Waals surface area contributed by atoms with E-state index in [0.717, 1.165) is 11.6 Å². The molecule has 1 unspecified atom stereocenters. The van der Waals surface area contributed by atoms with Gasteiger partial charge in [-0.1, -0.05) is 37.3 Å². The van der Waals surface area contributed by atoms with Gasteiger partial charge in [-0.3, -0.25) is 0 Å². The second-order valence-corrected chi connectivity index (χ2v) is 6.28. The molecule has 1 aliphatic rings. The average Bonchev–Trinajstić information content (AvgIpc) is 2.53. The summed E-state index contributed by atoms with van der Waals surface area (Å²) in [5.41, 5.74) is 9.94. The molecule has 0 bridgehead atoms. The Bertz CT molecular complexity index is 832. The largest absolute Gasteiger partial charge is 0.399 e. The van der Waals surface area contributed by atoms with E-state index in [0.29, 0.717) is 0 Å². The number of nitrogen functional groups attached to an aromatic ring is 1. The van der Waals surface area contributed by atoms with Crippen LogP contribution >= 0.6 is 0 Å². The molecule has 21 heavy (non-hydrogen) atoms. The molecule has 0 saturated heterocycles. The standard InChI is InChI=1S/C20H21N/c1-2-13-4-3-5-14-6-9-18-17-11-8-16(21)12-15(17)7-10-19(18)20(13)14/h6-13H,2-5,21H2,1H3. The maximum absolute atomic E-state index is 5.92. The topological polar surface area (TPSA) is 26.0 Å². The lowest BCUT2D eigenvalue weighted by Crippen LogP contribution is -2.09. The summed E-state index contributed by atoms with van der Waals surface area (Å²) in [6.07, 6.45) is 5.15. The van der Waals surface area contributed by atoms with Crippen molar-refractivity contribution in [3.05, 3.63) is 53.6 Å². The highest BCUT2D eigenvalue weighted by molar-refractivity contribution is 6.09. The summed E-state index contributed by atoms with van der Waals surface area (Å²) in [5, 5.41) is 5.40. The lowest BCUT2D eigenvalue weighted by Gasteiger charge is -2.26. The first-order chi connectivity index (χ1) is 10.3. The Balaban J connectivity index is 2.09. The van der Waals surface area contributed by atoms with Gasteiger partial charge in [-0.15, -0.1) is 0 Å². The molecule has 0 amide bonds. The van der Waals surface area contributed by atoms with Crippen LogP contribution in [0, 0.1) is 0 Å². The van der Waals surface area contributed by atoms with Gasteiger partial charge in [0.25, 0.3) is 0 Å². The number of fused-ring (bicyclic) bond motifs is 5. The number of hydrogen-bond acceptors (Lipinski definition) is 1. The van der Waals surface area contributed by atoms with Crippen LogP contribution in [-0.2, 0) is 6.42 Å². The van der Waals surface area contributed by atoms with Gasteiger partial charge in [0.05, 0.1) is 0 Å². The lowest BCUT2D eigenvalue weighted by molar-refractivity contribution is 0.544. The predicted octanol–water partition coefficient (Wildman–Crippen LogP) is 5.41. The minimum atomic E-state index is 0.726. The maximum atomic E-state index is 5.92. The number of anilines is 1. The Hall–Kier alpha value is -2.02. The molecule has 1 heteroatoms. The molecule has 1 atom stereocenters. The maximum Gasteiger partial charge on any atom is 0.0320 e. The van der Waals surface area contributed by atoms with Gasteiger partial charge in [0, 0.05) is 5.69 Å². The molecule has 0 spiro atoms. The molecule has 3 aromatic carbocycles. The summed E-state index contributed by atoms with van der Waals surface area (Å²) in [6, 6.07) is 15.5. The quantitative estimate of drug-likeness (QED) is 0.466. The molecule has 1 nitrogen and oxygen atoms in total. The molecule has 106 valence electrons. The van der Waals surface area contributed by atoms with Crippen molar-refractivity contribution in [2.45, 2.75) is 38.5 Å². The molecule has 1 aliphatic carbocycles. The van der Waals surface area contributed by atoms with E-state index in [1.807, 2.05) is 6.07 Å². The van der Waals surface area contributed by atoms with Crippen LogP contribution < -0.4 is 5.73 Å². The van der Waals surface area contributed by atoms with Gasteiger partial charge >= 0.3 is 0 Å². The third kappa shape index (κ3) is 1.91. The molecular formula is C20H21N. The summed E-state index contributed by atoms with van der Waals surface area (Å²) in [4.78, 5) is 0. The summed E-state index contributed by atoms with van der Waals surface area (Å²) >= 11 is 0. The molecule has 2 N–H and O–H groups in total. The van der Waals surface area contributed by atoms with Gasteiger partial charge in [-0.25, -0.2) is 0 Å². The zero-order valence-electron chi connectivity index (χ0n) is 12.5. The van der Waals surface area contributed by atoms with E-state index in [1.165, 1.54) is 47.2 Å². The second kappa shape index (κ2) is 4.77. The van der Waals surface area contributed by atoms with Crippen LogP contribution in [0.15, 0.2) is 42.5 Å².